The van der Waals surface area contributed by atoms with E-state index < -0.39 is 10.0 Å². The molecular formula is C24H28N4O4S. The van der Waals surface area contributed by atoms with E-state index in [-0.39, 0.29) is 16.9 Å². The van der Waals surface area contributed by atoms with E-state index in [2.05, 4.69) is 33.9 Å². The zero-order chi connectivity index (χ0) is 23.6. The van der Waals surface area contributed by atoms with Crippen LogP contribution in [0.2, 0.25) is 0 Å². The number of anilines is 2. The van der Waals surface area contributed by atoms with Crippen molar-refractivity contribution < 1.29 is 17.9 Å². The number of nitrogens with one attached hydrogen (secondary N) is 2. The molecule has 1 aliphatic rings. The van der Waals surface area contributed by atoms with Crippen LogP contribution < -0.4 is 19.5 Å². The second-order valence-corrected chi connectivity index (χ2v) is 10.2. The summed E-state index contributed by atoms with van der Waals surface area (Å²) >= 11 is 0. The molecule has 174 valence electrons. The SMILES string of the molecule is COc1ccc(C)c(-c2cc3nc(n2)NS(=O)(=O)c2cccc(c2)N[C@H](CC(C)C)CO3)c1. The Morgan fingerprint density at radius 2 is 1.97 bits per heavy atom. The van der Waals surface area contributed by atoms with Crippen LogP contribution in [0.5, 0.6) is 11.6 Å². The number of aromatic nitrogens is 2. The molecule has 9 heteroatoms. The summed E-state index contributed by atoms with van der Waals surface area (Å²) in [6.07, 6.45) is 0.842. The molecule has 2 aromatic carbocycles. The summed E-state index contributed by atoms with van der Waals surface area (Å²) in [5.41, 5.74) is 3.01. The fourth-order valence-corrected chi connectivity index (χ4v) is 4.77. The van der Waals surface area contributed by atoms with Gasteiger partial charge in [-0.3, -0.25) is 0 Å². The number of sulfonamides is 1. The standard InChI is InChI=1S/C24H28N4O4S/c1-15(2)10-18-14-32-23-13-22(21-12-19(31-4)9-8-16(21)3)26-24(27-23)28-33(29,30)20-7-5-6-17(11-20)25-18/h5-9,11-13,15,18,25H,10,14H2,1-4H3,(H,26,27,28)/t18-/m1/s1. The molecule has 0 amide bonds. The molecule has 0 saturated carbocycles. The molecule has 4 rings (SSSR count). The zero-order valence-electron chi connectivity index (χ0n) is 19.1. The monoisotopic (exact) mass is 468 g/mol. The molecule has 0 spiro atoms. The van der Waals surface area contributed by atoms with Gasteiger partial charge in [-0.15, -0.1) is 0 Å². The molecule has 0 saturated heterocycles. The van der Waals surface area contributed by atoms with Gasteiger partial charge in [0.1, 0.15) is 12.4 Å². The molecule has 2 heterocycles. The average Bonchev–Trinajstić information content (AvgIpc) is 2.76. The summed E-state index contributed by atoms with van der Waals surface area (Å²) in [6, 6.07) is 14.0. The minimum atomic E-state index is -3.90. The van der Waals surface area contributed by atoms with Crippen molar-refractivity contribution in [3.63, 3.8) is 0 Å². The van der Waals surface area contributed by atoms with Crippen LogP contribution in [0, 0.1) is 12.8 Å². The van der Waals surface area contributed by atoms with Gasteiger partial charge in [0.15, 0.2) is 0 Å². The van der Waals surface area contributed by atoms with Crippen LogP contribution >= 0.6 is 0 Å². The maximum absolute atomic E-state index is 13.1. The Balaban J connectivity index is 1.83. The van der Waals surface area contributed by atoms with Crippen molar-refractivity contribution in [2.45, 2.75) is 38.1 Å². The van der Waals surface area contributed by atoms with Crippen molar-refractivity contribution in [2.75, 3.05) is 23.8 Å². The van der Waals surface area contributed by atoms with Gasteiger partial charge in [-0.1, -0.05) is 26.0 Å². The van der Waals surface area contributed by atoms with E-state index in [0.717, 1.165) is 17.5 Å². The summed E-state index contributed by atoms with van der Waals surface area (Å²) in [4.78, 5) is 8.95. The Morgan fingerprint density at radius 1 is 1.15 bits per heavy atom. The Morgan fingerprint density at radius 3 is 2.73 bits per heavy atom. The molecule has 2 N–H and O–H groups in total. The highest BCUT2D eigenvalue weighted by atomic mass is 32.2. The highest BCUT2D eigenvalue weighted by Gasteiger charge is 2.21. The van der Waals surface area contributed by atoms with Gasteiger partial charge in [0.2, 0.25) is 11.8 Å². The van der Waals surface area contributed by atoms with E-state index in [0.29, 0.717) is 35.5 Å². The first-order valence-corrected chi connectivity index (χ1v) is 12.3. The second-order valence-electron chi connectivity index (χ2n) is 8.51. The summed E-state index contributed by atoms with van der Waals surface area (Å²) in [6.45, 7) is 6.58. The second kappa shape index (κ2) is 9.27. The fraction of sp³-hybridized carbons (Fsp3) is 0.333. The van der Waals surface area contributed by atoms with Crippen LogP contribution in [0.1, 0.15) is 25.8 Å². The number of methoxy groups -OCH3 is 1. The summed E-state index contributed by atoms with van der Waals surface area (Å²) < 4.78 is 40.1. The lowest BCUT2D eigenvalue weighted by atomic mass is 10.0. The summed E-state index contributed by atoms with van der Waals surface area (Å²) in [7, 11) is -2.31. The van der Waals surface area contributed by atoms with Gasteiger partial charge in [0, 0.05) is 17.3 Å². The minimum absolute atomic E-state index is 0.0317. The molecule has 33 heavy (non-hydrogen) atoms. The van der Waals surface area contributed by atoms with Crippen LogP contribution in [0.3, 0.4) is 0 Å². The first kappa shape index (κ1) is 22.8. The van der Waals surface area contributed by atoms with Gasteiger partial charge >= 0.3 is 0 Å². The van der Waals surface area contributed by atoms with Crippen molar-refractivity contribution in [1.29, 1.82) is 0 Å². The van der Waals surface area contributed by atoms with E-state index in [1.54, 1.807) is 31.4 Å². The van der Waals surface area contributed by atoms with Crippen molar-refractivity contribution in [3.8, 4) is 22.9 Å². The van der Waals surface area contributed by atoms with Gasteiger partial charge < -0.3 is 14.8 Å². The Bertz CT molecular complexity index is 1260. The third kappa shape index (κ3) is 5.36. The molecule has 0 aliphatic carbocycles. The summed E-state index contributed by atoms with van der Waals surface area (Å²) in [5.74, 6) is 1.33. The van der Waals surface area contributed by atoms with E-state index in [4.69, 9.17) is 9.47 Å². The number of ether oxygens (including phenoxy) is 2. The third-order valence-corrected chi connectivity index (χ3v) is 6.68. The van der Waals surface area contributed by atoms with Gasteiger partial charge in [-0.05, 0) is 55.2 Å². The van der Waals surface area contributed by atoms with Gasteiger partial charge in [-0.25, -0.2) is 18.1 Å². The van der Waals surface area contributed by atoms with Crippen molar-refractivity contribution in [1.82, 2.24) is 9.97 Å². The van der Waals surface area contributed by atoms with E-state index in [9.17, 15) is 8.42 Å². The van der Waals surface area contributed by atoms with Crippen LogP contribution in [0.25, 0.3) is 11.3 Å². The Hall–Kier alpha value is -3.33. The number of fused-ring (bicyclic) bond motifs is 4. The number of aryl methyl sites for hydroxylation is 1. The quantitative estimate of drug-likeness (QED) is 0.582. The zero-order valence-corrected chi connectivity index (χ0v) is 19.9. The molecule has 0 unspecified atom stereocenters. The predicted molar refractivity (Wildman–Crippen MR) is 128 cm³/mol. The molecule has 0 fully saturated rings. The van der Waals surface area contributed by atoms with Crippen molar-refractivity contribution in [3.05, 3.63) is 54.1 Å². The Labute approximate surface area is 194 Å². The highest BCUT2D eigenvalue weighted by molar-refractivity contribution is 7.92. The molecule has 8 nitrogen and oxygen atoms in total. The number of rotatable bonds is 4. The van der Waals surface area contributed by atoms with Gasteiger partial charge in [-0.2, -0.15) is 4.98 Å². The smallest absolute Gasteiger partial charge is 0.264 e. The number of hydrogen-bond donors (Lipinski definition) is 2. The van der Waals surface area contributed by atoms with Gasteiger partial charge in [0.05, 0.1) is 23.7 Å². The third-order valence-electron chi connectivity index (χ3n) is 5.35. The molecule has 1 aromatic heterocycles. The highest BCUT2D eigenvalue weighted by Crippen LogP contribution is 2.30. The van der Waals surface area contributed by atoms with Crippen LogP contribution in [0.15, 0.2) is 53.4 Å². The number of benzene rings is 2. The predicted octanol–water partition coefficient (Wildman–Crippen LogP) is 4.48. The molecule has 3 aromatic rings. The molecular weight excluding hydrogens is 440 g/mol. The maximum Gasteiger partial charge on any atom is 0.264 e. The first-order chi connectivity index (χ1) is 15.7. The minimum Gasteiger partial charge on any atom is -0.497 e. The number of nitrogens with zero attached hydrogens (tertiary/aromatic N) is 2. The van der Waals surface area contributed by atoms with Gasteiger partial charge in [0.25, 0.3) is 10.0 Å². The topological polar surface area (TPSA) is 102 Å². The van der Waals surface area contributed by atoms with Crippen molar-refractivity contribution in [2.24, 2.45) is 5.92 Å². The summed E-state index contributed by atoms with van der Waals surface area (Å²) in [5, 5.41) is 3.41. The van der Waals surface area contributed by atoms with Crippen LogP contribution in [-0.2, 0) is 10.0 Å². The lowest BCUT2D eigenvalue weighted by Gasteiger charge is -2.23. The fourth-order valence-electron chi connectivity index (χ4n) is 3.78. The van der Waals surface area contributed by atoms with Crippen LogP contribution in [0.4, 0.5) is 11.6 Å². The normalized spacial score (nSPS) is 17.1. The average molecular weight is 469 g/mol. The number of hydrogen-bond acceptors (Lipinski definition) is 7. The largest absolute Gasteiger partial charge is 0.497 e. The molecule has 0 radical (unpaired) electrons. The van der Waals surface area contributed by atoms with E-state index in [1.807, 2.05) is 31.2 Å². The van der Waals surface area contributed by atoms with Crippen molar-refractivity contribution >= 4 is 21.7 Å². The first-order valence-electron chi connectivity index (χ1n) is 10.8. The van der Waals surface area contributed by atoms with E-state index in [1.165, 1.54) is 0 Å². The lowest BCUT2D eigenvalue weighted by molar-refractivity contribution is 0.271. The van der Waals surface area contributed by atoms with Crippen LogP contribution in [-0.4, -0.2) is 38.1 Å². The Kier molecular flexibility index (Phi) is 6.42. The lowest BCUT2D eigenvalue weighted by Crippen LogP contribution is -2.29. The molecule has 4 bridgehead atoms. The van der Waals surface area contributed by atoms with E-state index >= 15 is 0 Å². The molecule has 1 aliphatic heterocycles. The molecule has 1 atom stereocenters. The maximum atomic E-state index is 13.1.